The van der Waals surface area contributed by atoms with Crippen molar-refractivity contribution in [2.75, 3.05) is 0 Å². The van der Waals surface area contributed by atoms with Crippen LogP contribution in [0.2, 0.25) is 0 Å². The van der Waals surface area contributed by atoms with E-state index in [0.717, 1.165) is 6.42 Å². The van der Waals surface area contributed by atoms with Crippen molar-refractivity contribution in [2.45, 2.75) is 18.4 Å². The molecule has 2 heteroatoms. The Morgan fingerprint density at radius 3 is 2.80 bits per heavy atom. The zero-order valence-corrected chi connectivity index (χ0v) is 6.12. The van der Waals surface area contributed by atoms with E-state index in [9.17, 15) is 0 Å². The SMILES string of the molecule is Cn1cccc1[C@@H]1C[C@@H]1N. The zero-order chi connectivity index (χ0) is 7.14. The molecule has 0 radical (unpaired) electrons. The molecule has 1 aliphatic rings. The van der Waals surface area contributed by atoms with Gasteiger partial charge in [-0.15, -0.1) is 0 Å². The third kappa shape index (κ3) is 0.762. The third-order valence-corrected chi connectivity index (χ3v) is 2.20. The van der Waals surface area contributed by atoms with E-state index in [1.165, 1.54) is 5.69 Å². The van der Waals surface area contributed by atoms with E-state index in [4.69, 9.17) is 5.73 Å². The van der Waals surface area contributed by atoms with Crippen LogP contribution in [0.3, 0.4) is 0 Å². The summed E-state index contributed by atoms with van der Waals surface area (Å²) < 4.78 is 2.15. The maximum Gasteiger partial charge on any atom is 0.0218 e. The molecule has 1 heterocycles. The second-order valence-electron chi connectivity index (χ2n) is 3.05. The van der Waals surface area contributed by atoms with Gasteiger partial charge in [-0.3, -0.25) is 0 Å². The summed E-state index contributed by atoms with van der Waals surface area (Å²) in [4.78, 5) is 0. The van der Waals surface area contributed by atoms with E-state index in [1.807, 2.05) is 0 Å². The van der Waals surface area contributed by atoms with Crippen LogP contribution in [-0.2, 0) is 7.05 Å². The Morgan fingerprint density at radius 1 is 1.70 bits per heavy atom. The summed E-state index contributed by atoms with van der Waals surface area (Å²) in [5.41, 5.74) is 7.10. The van der Waals surface area contributed by atoms with Crippen LogP contribution >= 0.6 is 0 Å². The summed E-state index contributed by atoms with van der Waals surface area (Å²) in [6, 6.07) is 4.64. The molecule has 1 fully saturated rings. The summed E-state index contributed by atoms with van der Waals surface area (Å²) in [6.45, 7) is 0. The highest BCUT2D eigenvalue weighted by atomic mass is 15.0. The van der Waals surface area contributed by atoms with Crippen LogP contribution in [-0.4, -0.2) is 10.6 Å². The second kappa shape index (κ2) is 1.86. The van der Waals surface area contributed by atoms with E-state index in [0.29, 0.717) is 12.0 Å². The van der Waals surface area contributed by atoms with Crippen molar-refractivity contribution in [3.8, 4) is 0 Å². The molecule has 1 aliphatic carbocycles. The summed E-state index contributed by atoms with van der Waals surface area (Å²) in [6.07, 6.45) is 3.23. The molecular formula is C8H12N2. The van der Waals surface area contributed by atoms with E-state index in [1.54, 1.807) is 0 Å². The summed E-state index contributed by atoms with van der Waals surface area (Å²) >= 11 is 0. The Kier molecular flexibility index (Phi) is 1.11. The Morgan fingerprint density at radius 2 is 2.40 bits per heavy atom. The Bertz CT molecular complexity index is 239. The van der Waals surface area contributed by atoms with Gasteiger partial charge in [0.2, 0.25) is 0 Å². The molecule has 1 saturated carbocycles. The van der Waals surface area contributed by atoms with Crippen LogP contribution in [0.15, 0.2) is 18.3 Å². The fourth-order valence-corrected chi connectivity index (χ4v) is 1.41. The first-order valence-electron chi connectivity index (χ1n) is 3.66. The van der Waals surface area contributed by atoms with E-state index < -0.39 is 0 Å². The van der Waals surface area contributed by atoms with Gasteiger partial charge in [0.05, 0.1) is 0 Å². The lowest BCUT2D eigenvalue weighted by atomic mass is 10.3. The Hall–Kier alpha value is -0.760. The Labute approximate surface area is 60.6 Å². The number of nitrogens with zero attached hydrogens (tertiary/aromatic N) is 1. The molecule has 0 aliphatic heterocycles. The van der Waals surface area contributed by atoms with E-state index >= 15 is 0 Å². The lowest BCUT2D eigenvalue weighted by Crippen LogP contribution is -2.03. The van der Waals surface area contributed by atoms with Crippen molar-refractivity contribution < 1.29 is 0 Å². The van der Waals surface area contributed by atoms with Gasteiger partial charge in [0.25, 0.3) is 0 Å². The Balaban J connectivity index is 2.26. The smallest absolute Gasteiger partial charge is 0.0218 e. The third-order valence-electron chi connectivity index (χ3n) is 2.20. The van der Waals surface area contributed by atoms with Gasteiger partial charge in [0, 0.05) is 30.9 Å². The number of rotatable bonds is 1. The molecule has 54 valence electrons. The van der Waals surface area contributed by atoms with Crippen molar-refractivity contribution in [1.29, 1.82) is 0 Å². The number of nitrogens with two attached hydrogens (primary N) is 1. The van der Waals surface area contributed by atoms with Crippen LogP contribution in [0.1, 0.15) is 18.0 Å². The maximum atomic E-state index is 5.71. The number of aromatic nitrogens is 1. The topological polar surface area (TPSA) is 30.9 Å². The van der Waals surface area contributed by atoms with Crippen molar-refractivity contribution in [2.24, 2.45) is 12.8 Å². The van der Waals surface area contributed by atoms with E-state index in [2.05, 4.69) is 29.9 Å². The van der Waals surface area contributed by atoms with Gasteiger partial charge in [0.15, 0.2) is 0 Å². The van der Waals surface area contributed by atoms with Crippen molar-refractivity contribution >= 4 is 0 Å². The van der Waals surface area contributed by atoms with Crippen LogP contribution in [0.4, 0.5) is 0 Å². The van der Waals surface area contributed by atoms with Crippen molar-refractivity contribution in [3.05, 3.63) is 24.0 Å². The molecule has 0 spiro atoms. The van der Waals surface area contributed by atoms with E-state index in [-0.39, 0.29) is 0 Å². The van der Waals surface area contributed by atoms with Crippen LogP contribution in [0.25, 0.3) is 0 Å². The minimum absolute atomic E-state index is 0.425. The molecule has 2 nitrogen and oxygen atoms in total. The first-order valence-corrected chi connectivity index (χ1v) is 3.66. The molecule has 2 atom stereocenters. The average Bonchev–Trinajstić information content (AvgIpc) is 2.42. The van der Waals surface area contributed by atoms with Crippen LogP contribution in [0, 0.1) is 0 Å². The quantitative estimate of drug-likeness (QED) is 0.609. The fourth-order valence-electron chi connectivity index (χ4n) is 1.41. The molecule has 0 aromatic carbocycles. The van der Waals surface area contributed by atoms with Gasteiger partial charge in [-0.2, -0.15) is 0 Å². The van der Waals surface area contributed by atoms with Crippen LogP contribution < -0.4 is 5.73 Å². The molecule has 10 heavy (non-hydrogen) atoms. The van der Waals surface area contributed by atoms with Gasteiger partial charge in [-0.25, -0.2) is 0 Å². The molecule has 0 amide bonds. The molecule has 0 unspecified atom stereocenters. The second-order valence-corrected chi connectivity index (χ2v) is 3.05. The highest BCUT2D eigenvalue weighted by Crippen LogP contribution is 2.38. The zero-order valence-electron chi connectivity index (χ0n) is 6.12. The predicted octanol–water partition coefficient (Wildman–Crippen LogP) is 0.840. The molecule has 2 rings (SSSR count). The van der Waals surface area contributed by atoms with Gasteiger partial charge in [-0.05, 0) is 18.6 Å². The standard InChI is InChI=1S/C8H12N2/c1-10-4-2-3-8(10)6-5-7(6)9/h2-4,6-7H,5,9H2,1H3/t6-,7+/m1/s1. The first kappa shape index (κ1) is 5.98. The largest absolute Gasteiger partial charge is 0.354 e. The number of hydrogen-bond donors (Lipinski definition) is 1. The monoisotopic (exact) mass is 136 g/mol. The van der Waals surface area contributed by atoms with Gasteiger partial charge >= 0.3 is 0 Å². The summed E-state index contributed by atoms with van der Waals surface area (Å²) in [5.74, 6) is 0.639. The molecular weight excluding hydrogens is 124 g/mol. The lowest BCUT2D eigenvalue weighted by molar-refractivity contribution is 0.813. The van der Waals surface area contributed by atoms with Crippen molar-refractivity contribution in [1.82, 2.24) is 4.57 Å². The van der Waals surface area contributed by atoms with Gasteiger partial charge in [0.1, 0.15) is 0 Å². The molecule has 0 bridgehead atoms. The average molecular weight is 136 g/mol. The van der Waals surface area contributed by atoms with Gasteiger partial charge in [-0.1, -0.05) is 0 Å². The minimum Gasteiger partial charge on any atom is -0.354 e. The summed E-state index contributed by atoms with van der Waals surface area (Å²) in [7, 11) is 2.07. The molecule has 0 saturated heterocycles. The lowest BCUT2D eigenvalue weighted by Gasteiger charge is -1.98. The molecule has 1 aromatic rings. The highest BCUT2D eigenvalue weighted by molar-refractivity contribution is 5.21. The van der Waals surface area contributed by atoms with Gasteiger partial charge < -0.3 is 10.3 Å². The summed E-state index contributed by atoms with van der Waals surface area (Å²) in [5, 5.41) is 0. The fraction of sp³-hybridized carbons (Fsp3) is 0.500. The first-order chi connectivity index (χ1) is 4.79. The molecule has 2 N–H and O–H groups in total. The number of hydrogen-bond acceptors (Lipinski definition) is 1. The highest BCUT2D eigenvalue weighted by Gasteiger charge is 2.36. The molecule has 1 aromatic heterocycles. The normalized spacial score (nSPS) is 30.6. The number of aryl methyl sites for hydroxylation is 1. The maximum absolute atomic E-state index is 5.71. The van der Waals surface area contributed by atoms with Crippen LogP contribution in [0.5, 0.6) is 0 Å². The van der Waals surface area contributed by atoms with Crippen molar-refractivity contribution in [3.63, 3.8) is 0 Å². The minimum atomic E-state index is 0.425. The predicted molar refractivity (Wildman–Crippen MR) is 40.7 cm³/mol.